The lowest BCUT2D eigenvalue weighted by Crippen LogP contribution is -1.92. The molecule has 4 heteroatoms. The van der Waals surface area contributed by atoms with Crippen LogP contribution in [-0.4, -0.2) is 9.38 Å². The molecular formula is C31H16N2OS. The van der Waals surface area contributed by atoms with E-state index in [9.17, 15) is 0 Å². The molecule has 35 heavy (non-hydrogen) atoms. The predicted molar refractivity (Wildman–Crippen MR) is 148 cm³/mol. The number of thiophene rings is 1. The molecule has 0 aliphatic carbocycles. The molecule has 4 aromatic heterocycles. The highest BCUT2D eigenvalue weighted by Gasteiger charge is 2.20. The summed E-state index contributed by atoms with van der Waals surface area (Å²) in [6, 6.07) is 34.5. The van der Waals surface area contributed by atoms with Crippen LogP contribution in [0, 0.1) is 0 Å². The topological polar surface area (TPSA) is 30.4 Å². The summed E-state index contributed by atoms with van der Waals surface area (Å²) in [7, 11) is 0. The minimum atomic E-state index is 0.915. The summed E-state index contributed by atoms with van der Waals surface area (Å²) in [4.78, 5) is 5.10. The molecule has 3 nitrogen and oxygen atoms in total. The smallest absolute Gasteiger partial charge is 0.146 e. The Hall–Kier alpha value is -4.41. The zero-order valence-corrected chi connectivity index (χ0v) is 19.3. The van der Waals surface area contributed by atoms with Crippen LogP contribution >= 0.6 is 11.3 Å². The lowest BCUT2D eigenvalue weighted by atomic mass is 10.0. The van der Waals surface area contributed by atoms with Crippen molar-refractivity contribution in [2.24, 2.45) is 0 Å². The quantitative estimate of drug-likeness (QED) is 0.210. The van der Waals surface area contributed by atoms with Crippen molar-refractivity contribution in [3.63, 3.8) is 0 Å². The van der Waals surface area contributed by atoms with E-state index in [-0.39, 0.29) is 0 Å². The van der Waals surface area contributed by atoms with Gasteiger partial charge < -0.3 is 4.42 Å². The van der Waals surface area contributed by atoms with Crippen LogP contribution in [0.1, 0.15) is 0 Å². The van der Waals surface area contributed by atoms with Gasteiger partial charge in [-0.15, -0.1) is 11.3 Å². The van der Waals surface area contributed by atoms with Crippen LogP contribution < -0.4 is 0 Å². The number of hydrogen-bond donors (Lipinski definition) is 0. The van der Waals surface area contributed by atoms with Gasteiger partial charge in [0, 0.05) is 47.1 Å². The number of rotatable bonds is 0. The number of imidazole rings is 1. The van der Waals surface area contributed by atoms with Crippen molar-refractivity contribution < 1.29 is 4.42 Å². The standard InChI is InChI=1S/C31H16N2OS/c1-5-11-26-17(7-1)19-13-14-20-29(30(19)34-26)22-15-21-18-8-2-6-12-27(18)35-28(21)16-25(22)33-24-10-4-3-9-23(24)32-31(20)33/h1-16H. The molecular weight excluding hydrogens is 448 g/mol. The number of fused-ring (bicyclic) bond motifs is 15. The average molecular weight is 465 g/mol. The van der Waals surface area contributed by atoms with E-state index in [4.69, 9.17) is 9.40 Å². The maximum Gasteiger partial charge on any atom is 0.146 e. The molecule has 0 unspecified atom stereocenters. The van der Waals surface area contributed by atoms with Gasteiger partial charge in [0.1, 0.15) is 16.8 Å². The number of benzene rings is 5. The van der Waals surface area contributed by atoms with Gasteiger partial charge in [0.05, 0.1) is 16.6 Å². The van der Waals surface area contributed by atoms with Crippen LogP contribution in [0.5, 0.6) is 0 Å². The number of aromatic nitrogens is 2. The molecule has 0 radical (unpaired) electrons. The zero-order chi connectivity index (χ0) is 22.7. The summed E-state index contributed by atoms with van der Waals surface area (Å²) < 4.78 is 11.5. The third-order valence-electron chi connectivity index (χ3n) is 7.35. The van der Waals surface area contributed by atoms with E-state index in [0.717, 1.165) is 54.9 Å². The molecule has 9 rings (SSSR count). The van der Waals surface area contributed by atoms with E-state index in [0.29, 0.717) is 0 Å². The molecule has 0 fully saturated rings. The Morgan fingerprint density at radius 3 is 2.37 bits per heavy atom. The zero-order valence-electron chi connectivity index (χ0n) is 18.4. The van der Waals surface area contributed by atoms with Crippen LogP contribution in [0.25, 0.3) is 80.5 Å². The SMILES string of the molecule is c1ccc2c(c1)nc1c3ccc4c5ccccc5oc4c3c3cc4c(cc3n21)sc1ccccc14. The van der Waals surface area contributed by atoms with E-state index in [1.54, 1.807) is 0 Å². The molecule has 9 aromatic rings. The van der Waals surface area contributed by atoms with Crippen molar-refractivity contribution in [3.05, 3.63) is 97.1 Å². The fraction of sp³-hybridized carbons (Fsp3) is 0. The number of furan rings is 1. The fourth-order valence-electron chi connectivity index (χ4n) is 5.84. The van der Waals surface area contributed by atoms with Gasteiger partial charge in [0.25, 0.3) is 0 Å². The Bertz CT molecular complexity index is 2330. The molecule has 0 spiro atoms. The summed E-state index contributed by atoms with van der Waals surface area (Å²) in [6.45, 7) is 0. The second-order valence-electron chi connectivity index (χ2n) is 9.19. The number of nitrogens with zero attached hydrogens (tertiary/aromatic N) is 2. The highest BCUT2D eigenvalue weighted by atomic mass is 32.1. The van der Waals surface area contributed by atoms with Crippen LogP contribution in [-0.2, 0) is 0 Å². The third kappa shape index (κ3) is 2.18. The van der Waals surface area contributed by atoms with E-state index in [2.05, 4.69) is 95.4 Å². The Morgan fingerprint density at radius 1 is 0.600 bits per heavy atom. The molecule has 0 saturated heterocycles. The van der Waals surface area contributed by atoms with E-state index in [1.807, 2.05) is 17.4 Å². The van der Waals surface area contributed by atoms with Gasteiger partial charge in [0.15, 0.2) is 0 Å². The molecule has 0 N–H and O–H groups in total. The van der Waals surface area contributed by atoms with Gasteiger partial charge in [-0.2, -0.15) is 0 Å². The Morgan fingerprint density at radius 2 is 1.40 bits per heavy atom. The molecule has 0 atom stereocenters. The largest absolute Gasteiger partial charge is 0.455 e. The Balaban J connectivity index is 1.64. The molecule has 5 aromatic carbocycles. The number of para-hydroxylation sites is 3. The van der Waals surface area contributed by atoms with Crippen LogP contribution in [0.3, 0.4) is 0 Å². The summed E-state index contributed by atoms with van der Waals surface area (Å²) in [5, 5.41) is 8.31. The second-order valence-corrected chi connectivity index (χ2v) is 10.3. The van der Waals surface area contributed by atoms with Crippen molar-refractivity contribution in [1.82, 2.24) is 9.38 Å². The third-order valence-corrected chi connectivity index (χ3v) is 8.49. The fourth-order valence-corrected chi connectivity index (χ4v) is 6.96. The van der Waals surface area contributed by atoms with Crippen LogP contribution in [0.4, 0.5) is 0 Å². The first-order valence-corrected chi connectivity index (χ1v) is 12.5. The Labute approximate surface area is 202 Å². The first-order chi connectivity index (χ1) is 17.3. The maximum atomic E-state index is 6.54. The first-order valence-electron chi connectivity index (χ1n) is 11.7. The number of pyridine rings is 1. The maximum absolute atomic E-state index is 6.54. The van der Waals surface area contributed by atoms with Crippen molar-refractivity contribution in [2.75, 3.05) is 0 Å². The summed E-state index contributed by atoms with van der Waals surface area (Å²) in [6.07, 6.45) is 0. The minimum absolute atomic E-state index is 0.915. The van der Waals surface area contributed by atoms with Gasteiger partial charge in [0.2, 0.25) is 0 Å². The second kappa shape index (κ2) is 6.17. The monoisotopic (exact) mass is 464 g/mol. The lowest BCUT2D eigenvalue weighted by molar-refractivity contribution is 0.673. The van der Waals surface area contributed by atoms with Gasteiger partial charge in [-0.25, -0.2) is 4.98 Å². The summed E-state index contributed by atoms with van der Waals surface area (Å²) in [5.41, 5.74) is 6.10. The van der Waals surface area contributed by atoms with Gasteiger partial charge in [-0.3, -0.25) is 4.40 Å². The average Bonchev–Trinajstić information content (AvgIpc) is 3.58. The lowest BCUT2D eigenvalue weighted by Gasteiger charge is -2.10. The van der Waals surface area contributed by atoms with Gasteiger partial charge in [-0.1, -0.05) is 48.5 Å². The van der Waals surface area contributed by atoms with Crippen molar-refractivity contribution in [2.45, 2.75) is 0 Å². The van der Waals surface area contributed by atoms with Crippen molar-refractivity contribution in [3.8, 4) is 0 Å². The summed E-state index contributed by atoms with van der Waals surface area (Å²) >= 11 is 1.85. The van der Waals surface area contributed by atoms with Crippen LogP contribution in [0.2, 0.25) is 0 Å². The van der Waals surface area contributed by atoms with Crippen LogP contribution in [0.15, 0.2) is 101 Å². The normalized spacial score (nSPS) is 12.6. The minimum Gasteiger partial charge on any atom is -0.455 e. The summed E-state index contributed by atoms with van der Waals surface area (Å²) in [5.74, 6) is 0. The van der Waals surface area contributed by atoms with Crippen molar-refractivity contribution in [1.29, 1.82) is 0 Å². The predicted octanol–water partition coefficient (Wildman–Crippen LogP) is 9.06. The number of hydrogen-bond acceptors (Lipinski definition) is 3. The molecule has 0 aliphatic heterocycles. The molecule has 162 valence electrons. The van der Waals surface area contributed by atoms with E-state index < -0.39 is 0 Å². The molecule has 0 saturated carbocycles. The molecule has 0 aliphatic rings. The molecule has 0 amide bonds. The van der Waals surface area contributed by atoms with Gasteiger partial charge in [-0.05, 0) is 48.5 Å². The highest BCUT2D eigenvalue weighted by Crippen LogP contribution is 2.43. The van der Waals surface area contributed by atoms with Crippen molar-refractivity contribution >= 4 is 91.8 Å². The van der Waals surface area contributed by atoms with E-state index in [1.165, 1.54) is 25.6 Å². The highest BCUT2D eigenvalue weighted by molar-refractivity contribution is 7.25. The van der Waals surface area contributed by atoms with Gasteiger partial charge >= 0.3 is 0 Å². The molecule has 0 bridgehead atoms. The van der Waals surface area contributed by atoms with E-state index >= 15 is 0 Å². The molecule has 4 heterocycles. The first kappa shape index (κ1) is 18.0. The Kier molecular flexibility index (Phi) is 3.17.